The number of anilines is 5. The van der Waals surface area contributed by atoms with Crippen LogP contribution in [0.2, 0.25) is 0 Å². The SMILES string of the molecule is CC(C)Oc1ccccc1[C@@H]1CN(c2ccc3c(n2)COCC3)CCN1C1CC2(CCN(c3ccc(C(=O)NS(=O)(=O)c4cc5c(c([N+](=O)[O-])c4)N[C@H](C4CCOCC4)CO5)c(N4c5cc6cc[nH]c6nc5O[C@H]5COCC[C@@H]54)c3)CC2)C1. The first-order valence-electron chi connectivity index (χ1n) is 29.4. The topological polar surface area (TPSA) is 228 Å². The average Bonchev–Trinajstić information content (AvgIpc) is 3.80. The van der Waals surface area contributed by atoms with Gasteiger partial charge in [-0.25, -0.2) is 18.1 Å². The van der Waals surface area contributed by atoms with Gasteiger partial charge in [-0.2, -0.15) is 4.98 Å². The zero-order valence-corrected chi connectivity index (χ0v) is 47.6. The van der Waals surface area contributed by atoms with Crippen LogP contribution in [0.25, 0.3) is 11.0 Å². The lowest BCUT2D eigenvalue weighted by Gasteiger charge is -2.58. The molecule has 0 unspecified atom stereocenters. The molecule has 3 aromatic carbocycles. The van der Waals surface area contributed by atoms with Gasteiger partial charge >= 0.3 is 0 Å². The number of piperidine rings is 1. The van der Waals surface area contributed by atoms with Gasteiger partial charge in [0.15, 0.2) is 11.4 Å². The normalized spacial score (nSPS) is 23.7. The van der Waals surface area contributed by atoms with Gasteiger partial charge in [0.1, 0.15) is 35.6 Å². The zero-order valence-electron chi connectivity index (χ0n) is 46.8. The highest BCUT2D eigenvalue weighted by Gasteiger charge is 2.51. The quantitative estimate of drug-likeness (QED) is 0.0771. The molecule has 21 nitrogen and oxygen atoms in total. The van der Waals surface area contributed by atoms with E-state index in [1.165, 1.54) is 17.2 Å². The monoisotopic (exact) mass is 1150 g/mol. The van der Waals surface area contributed by atoms with Crippen LogP contribution in [0.3, 0.4) is 0 Å². The number of ether oxygens (including phenoxy) is 6. The zero-order chi connectivity index (χ0) is 56.6. The summed E-state index contributed by atoms with van der Waals surface area (Å²) in [5.74, 6) is 1.56. The van der Waals surface area contributed by atoms with E-state index >= 15 is 0 Å². The summed E-state index contributed by atoms with van der Waals surface area (Å²) >= 11 is 0. The number of H-pyrrole nitrogens is 1. The van der Waals surface area contributed by atoms with Gasteiger partial charge in [0.25, 0.3) is 21.6 Å². The summed E-state index contributed by atoms with van der Waals surface area (Å²) < 4.78 is 67.7. The van der Waals surface area contributed by atoms with Crippen molar-refractivity contribution in [3.05, 3.63) is 118 Å². The molecular formula is C61H70N10O11S. The van der Waals surface area contributed by atoms with Crippen molar-refractivity contribution in [2.75, 3.05) is 92.4 Å². The molecule has 0 radical (unpaired) electrons. The summed E-state index contributed by atoms with van der Waals surface area (Å²) in [5, 5.41) is 16.7. The molecule has 83 heavy (non-hydrogen) atoms. The number of piperazine rings is 1. The molecule has 1 aliphatic carbocycles. The fraction of sp³-hybridized carbons (Fsp3) is 0.492. The average molecular weight is 1150 g/mol. The summed E-state index contributed by atoms with van der Waals surface area (Å²) in [6.45, 7) is 11.7. The maximum absolute atomic E-state index is 15.0. The summed E-state index contributed by atoms with van der Waals surface area (Å²) in [4.78, 5) is 49.3. The van der Waals surface area contributed by atoms with Crippen LogP contribution in [0.15, 0.2) is 90.0 Å². The van der Waals surface area contributed by atoms with Crippen molar-refractivity contribution in [1.29, 1.82) is 0 Å². The first kappa shape index (κ1) is 53.7. The molecule has 1 amide bonds. The lowest BCUT2D eigenvalue weighted by Crippen LogP contribution is -2.60. The molecule has 1 saturated carbocycles. The van der Waals surface area contributed by atoms with E-state index in [-0.39, 0.29) is 65.8 Å². The minimum absolute atomic E-state index is 0.0239. The van der Waals surface area contributed by atoms with Crippen molar-refractivity contribution in [2.45, 2.75) is 113 Å². The molecule has 8 aliphatic rings. The Bertz CT molecular complexity index is 3580. The molecule has 6 aromatic rings. The van der Waals surface area contributed by atoms with Crippen molar-refractivity contribution < 1.29 is 46.6 Å². The van der Waals surface area contributed by atoms with E-state index in [4.69, 9.17) is 38.4 Å². The van der Waals surface area contributed by atoms with Crippen molar-refractivity contribution in [2.24, 2.45) is 11.3 Å². The molecule has 22 heteroatoms. The van der Waals surface area contributed by atoms with E-state index in [9.17, 15) is 23.3 Å². The second-order valence-electron chi connectivity index (χ2n) is 23.9. The third-order valence-corrected chi connectivity index (χ3v) is 20.0. The van der Waals surface area contributed by atoms with E-state index in [2.05, 4.69) is 84.9 Å². The van der Waals surface area contributed by atoms with Gasteiger partial charge in [0.05, 0.1) is 70.8 Å². The van der Waals surface area contributed by atoms with Crippen LogP contribution in [0, 0.1) is 21.4 Å². The molecule has 5 fully saturated rings. The van der Waals surface area contributed by atoms with Gasteiger partial charge in [-0.05, 0) is 125 Å². The maximum Gasteiger partial charge on any atom is 0.297 e. The second-order valence-corrected chi connectivity index (χ2v) is 25.6. The van der Waals surface area contributed by atoms with E-state index in [1.807, 2.05) is 30.5 Å². The Hall–Kier alpha value is -7.24. The fourth-order valence-electron chi connectivity index (χ4n) is 14.3. The van der Waals surface area contributed by atoms with Crippen molar-refractivity contribution >= 4 is 61.2 Å². The third-order valence-electron chi connectivity index (χ3n) is 18.7. The number of para-hydroxylation sites is 1. The second kappa shape index (κ2) is 21.7. The number of hydrogen-bond donors (Lipinski definition) is 3. The van der Waals surface area contributed by atoms with Gasteiger partial charge in [-0.1, -0.05) is 24.3 Å². The molecule has 436 valence electrons. The predicted molar refractivity (Wildman–Crippen MR) is 311 cm³/mol. The standard InChI is InChI=1S/C61H70N10O11S/c1-37(2)81-53-6-4-3-5-44(53)52-33-68(56-10-7-38-14-25-78-34-46(38)63-56)21-22-69(52)42-31-61(32-42)16-19-67(20-17-61)41-8-9-45(49(28-41)70-48-15-26-79-36-55(48)82-60-51(70)27-40-11-18-62-58(40)65-60)59(72)66-83(75,76)43-29-50(71(73)74)57-54(30-43)80-35-47(64-57)39-12-23-77-24-13-39/h3-11,18,27-30,37,39,42,47-48,52,55,64H,12-17,19-26,31-36H2,1-2H3,(H,62,65)(H,66,72)/t47-,48-,52-,55-/m0/s1. The number of carbonyl (C=O) groups is 1. The maximum atomic E-state index is 15.0. The van der Waals surface area contributed by atoms with Gasteiger partial charge in [0.2, 0.25) is 5.88 Å². The highest BCUT2D eigenvalue weighted by atomic mass is 32.2. The fourth-order valence-corrected chi connectivity index (χ4v) is 15.3. The summed E-state index contributed by atoms with van der Waals surface area (Å²) in [7, 11) is -4.72. The van der Waals surface area contributed by atoms with E-state index in [0.29, 0.717) is 61.8 Å². The van der Waals surface area contributed by atoms with E-state index < -0.39 is 37.5 Å². The minimum atomic E-state index is -4.72. The minimum Gasteiger partial charge on any atom is -0.491 e. The first-order valence-corrected chi connectivity index (χ1v) is 30.9. The van der Waals surface area contributed by atoms with Crippen LogP contribution < -0.4 is 38.9 Å². The summed E-state index contributed by atoms with van der Waals surface area (Å²) in [6.07, 6.45) is 8.50. The number of nitrogens with zero attached hydrogens (tertiary/aromatic N) is 7. The molecule has 3 N–H and O–H groups in total. The highest BCUT2D eigenvalue weighted by molar-refractivity contribution is 7.90. The largest absolute Gasteiger partial charge is 0.491 e. The third kappa shape index (κ3) is 10.2. The number of hydrogen-bond acceptors (Lipinski definition) is 18. The number of nitro groups is 1. The first-order chi connectivity index (χ1) is 40.3. The highest BCUT2D eigenvalue weighted by Crippen LogP contribution is 2.54. The molecule has 10 heterocycles. The van der Waals surface area contributed by atoms with Crippen LogP contribution in [0.1, 0.15) is 92.0 Å². The van der Waals surface area contributed by atoms with Crippen molar-refractivity contribution in [3.63, 3.8) is 0 Å². The number of amides is 1. The van der Waals surface area contributed by atoms with Crippen LogP contribution in [0.5, 0.6) is 17.4 Å². The summed E-state index contributed by atoms with van der Waals surface area (Å²) in [5.41, 5.74) is 6.05. The van der Waals surface area contributed by atoms with Crippen LogP contribution >= 0.6 is 0 Å². The number of nitrogens with one attached hydrogen (secondary N) is 3. The van der Waals surface area contributed by atoms with Crippen LogP contribution in [0.4, 0.5) is 34.3 Å². The van der Waals surface area contributed by atoms with Gasteiger partial charge in [-0.3, -0.25) is 19.8 Å². The van der Waals surface area contributed by atoms with Crippen molar-refractivity contribution in [3.8, 4) is 17.4 Å². The lowest BCUT2D eigenvalue weighted by atomic mass is 9.59. The van der Waals surface area contributed by atoms with Gasteiger partial charge < -0.3 is 53.4 Å². The smallest absolute Gasteiger partial charge is 0.297 e. The Labute approximate surface area is 482 Å². The number of aromatic nitrogens is 3. The predicted octanol–water partition coefficient (Wildman–Crippen LogP) is 8.44. The molecule has 0 bridgehead atoms. The number of fused-ring (bicyclic) bond motifs is 5. The Balaban J connectivity index is 0.739. The number of benzene rings is 3. The number of nitro benzene ring substituents is 1. The van der Waals surface area contributed by atoms with E-state index in [0.717, 1.165) is 119 Å². The number of aromatic amines is 1. The Morgan fingerprint density at radius 1 is 0.880 bits per heavy atom. The van der Waals surface area contributed by atoms with E-state index in [1.54, 1.807) is 6.07 Å². The lowest BCUT2D eigenvalue weighted by molar-refractivity contribution is -0.384. The van der Waals surface area contributed by atoms with Crippen molar-refractivity contribution in [1.82, 2.24) is 24.6 Å². The molecular weight excluding hydrogens is 1080 g/mol. The molecule has 3 aromatic heterocycles. The molecule has 7 aliphatic heterocycles. The molecule has 4 atom stereocenters. The number of pyridine rings is 2. The number of rotatable bonds is 12. The Morgan fingerprint density at radius 3 is 2.54 bits per heavy atom. The molecule has 4 saturated heterocycles. The van der Waals surface area contributed by atoms with Gasteiger partial charge in [-0.15, -0.1) is 0 Å². The molecule has 14 rings (SSSR count). The summed E-state index contributed by atoms with van der Waals surface area (Å²) in [6, 6.07) is 24.6. The Morgan fingerprint density at radius 2 is 1.71 bits per heavy atom. The Kier molecular flexibility index (Phi) is 14.1. The number of carbonyl (C=O) groups excluding carboxylic acids is 1. The molecule has 1 spiro atoms. The number of sulfonamides is 1. The van der Waals surface area contributed by atoms with Gasteiger partial charge in [0, 0.05) is 93.6 Å². The van der Waals surface area contributed by atoms with Crippen LogP contribution in [-0.2, 0) is 37.3 Å². The van der Waals surface area contributed by atoms with Crippen LogP contribution in [-0.4, -0.2) is 142 Å².